The van der Waals surface area contributed by atoms with Gasteiger partial charge in [-0.2, -0.15) is 17.5 Å². The number of halogens is 6. The molecule has 0 spiro atoms. The predicted octanol–water partition coefficient (Wildman–Crippen LogP) is 6.65. The first kappa shape index (κ1) is 30.1. The number of carbonyl (C=O) groups excluding carboxylic acids is 1. The zero-order valence-corrected chi connectivity index (χ0v) is 23.4. The van der Waals surface area contributed by atoms with Crippen LogP contribution in [-0.4, -0.2) is 49.9 Å². The third-order valence-corrected chi connectivity index (χ3v) is 8.67. The Morgan fingerprint density at radius 1 is 1.15 bits per heavy atom. The zero-order valence-electron chi connectivity index (χ0n) is 22.6. The van der Waals surface area contributed by atoms with Crippen molar-refractivity contribution in [2.45, 2.75) is 95.2 Å². The highest BCUT2D eigenvalue weighted by Crippen LogP contribution is 2.49. The molecule has 1 aromatic carbocycles. The van der Waals surface area contributed by atoms with Crippen LogP contribution in [0.25, 0.3) is 11.1 Å². The average Bonchev–Trinajstić information content (AvgIpc) is 3.45. The summed E-state index contributed by atoms with van der Waals surface area (Å²) in [4.78, 5) is 16.9. The molecular formula is C26H31F6N3O5S. The van der Waals surface area contributed by atoms with Gasteiger partial charge in [0.2, 0.25) is 23.1 Å². The Hall–Kier alpha value is -2.39. The predicted molar refractivity (Wildman–Crippen MR) is 134 cm³/mol. The normalized spacial score (nSPS) is 25.8. The van der Waals surface area contributed by atoms with Gasteiger partial charge < -0.3 is 14.5 Å². The van der Waals surface area contributed by atoms with Crippen LogP contribution in [0.2, 0.25) is 0 Å². The van der Waals surface area contributed by atoms with Crippen molar-refractivity contribution < 1.29 is 48.7 Å². The SMILES string of the molecule is CC(C)(C)OC(=O)N[C@H](c1nc2c(F)c(C(C3CC3)N3C[C@H](C(F)(F)F)OS3=O)ccc2o1)C1CCC(F)(F)CC1. The number of rotatable bonds is 6. The molecule has 2 aliphatic carbocycles. The van der Waals surface area contributed by atoms with Gasteiger partial charge in [0.1, 0.15) is 17.2 Å². The molecule has 2 saturated carbocycles. The van der Waals surface area contributed by atoms with E-state index < -0.39 is 84.4 Å². The summed E-state index contributed by atoms with van der Waals surface area (Å²) in [6.07, 6.45) is -7.34. The van der Waals surface area contributed by atoms with Gasteiger partial charge in [0, 0.05) is 18.4 Å². The van der Waals surface area contributed by atoms with Crippen LogP contribution in [0.15, 0.2) is 16.5 Å². The van der Waals surface area contributed by atoms with Crippen LogP contribution in [-0.2, 0) is 20.2 Å². The van der Waals surface area contributed by atoms with E-state index in [0.717, 1.165) is 4.31 Å². The van der Waals surface area contributed by atoms with Crippen molar-refractivity contribution in [1.82, 2.24) is 14.6 Å². The largest absolute Gasteiger partial charge is 0.444 e. The fraction of sp³-hybridized carbons (Fsp3) is 0.692. The third kappa shape index (κ3) is 6.66. The van der Waals surface area contributed by atoms with Gasteiger partial charge in [-0.3, -0.25) is 4.18 Å². The van der Waals surface area contributed by atoms with Crippen molar-refractivity contribution in [3.05, 3.63) is 29.4 Å². The number of aromatic nitrogens is 1. The van der Waals surface area contributed by atoms with E-state index in [4.69, 9.17) is 9.15 Å². The van der Waals surface area contributed by atoms with Crippen LogP contribution in [0.4, 0.5) is 31.1 Å². The van der Waals surface area contributed by atoms with E-state index in [1.807, 2.05) is 0 Å². The second-order valence-electron chi connectivity index (χ2n) is 11.9. The Labute approximate surface area is 234 Å². The first-order valence-corrected chi connectivity index (χ1v) is 14.4. The summed E-state index contributed by atoms with van der Waals surface area (Å²) in [6, 6.07) is 0.803. The van der Waals surface area contributed by atoms with Crippen molar-refractivity contribution >= 4 is 28.5 Å². The molecule has 2 heterocycles. The van der Waals surface area contributed by atoms with Crippen LogP contribution in [0, 0.1) is 17.7 Å². The topological polar surface area (TPSA) is 93.9 Å². The number of alkyl halides is 5. The molecule has 228 valence electrons. The smallest absolute Gasteiger partial charge is 0.417 e. The Bertz CT molecular complexity index is 1320. The molecule has 8 nitrogen and oxygen atoms in total. The standard InChI is InChI=1S/C26H31F6N3O5S/c1-24(2,3)39-23(36)34-19(13-8-10-25(28,29)11-9-13)22-33-20-16(38-22)7-6-15(18(20)27)21(14-4-5-14)35-12-17(26(30,31)32)40-41(35)37/h6-7,13-14,17,19,21H,4-5,8-12H2,1-3H3,(H,34,36)/t17-,19+,21?,41?/m1/s1. The number of oxazole rings is 1. The van der Waals surface area contributed by atoms with E-state index in [2.05, 4.69) is 14.5 Å². The van der Waals surface area contributed by atoms with Crippen LogP contribution >= 0.6 is 0 Å². The molecule has 4 atom stereocenters. The number of benzene rings is 1. The second kappa shape index (κ2) is 10.7. The number of amides is 1. The Morgan fingerprint density at radius 2 is 1.80 bits per heavy atom. The number of alkyl carbamates (subject to hydrolysis) is 1. The minimum absolute atomic E-state index is 0.000104. The fourth-order valence-corrected chi connectivity index (χ4v) is 6.61. The quantitative estimate of drug-likeness (QED) is 0.368. The maximum Gasteiger partial charge on any atom is 0.417 e. The lowest BCUT2D eigenvalue weighted by Crippen LogP contribution is -2.40. The van der Waals surface area contributed by atoms with Gasteiger partial charge >= 0.3 is 12.3 Å². The lowest BCUT2D eigenvalue weighted by atomic mass is 9.82. The van der Waals surface area contributed by atoms with Gasteiger partial charge in [0.25, 0.3) is 0 Å². The minimum atomic E-state index is -4.73. The summed E-state index contributed by atoms with van der Waals surface area (Å²) in [5.74, 6) is -4.55. The molecule has 15 heteroatoms. The number of nitrogens with zero attached hydrogens (tertiary/aromatic N) is 2. The van der Waals surface area contributed by atoms with Crippen molar-refractivity contribution in [2.24, 2.45) is 11.8 Å². The molecule has 3 fully saturated rings. The highest BCUT2D eigenvalue weighted by molar-refractivity contribution is 7.78. The molecule has 2 unspecified atom stereocenters. The van der Waals surface area contributed by atoms with Gasteiger partial charge in [-0.15, -0.1) is 0 Å². The van der Waals surface area contributed by atoms with E-state index in [-0.39, 0.29) is 41.3 Å². The number of nitrogens with one attached hydrogen (secondary N) is 1. The number of hydrogen-bond acceptors (Lipinski definition) is 6. The van der Waals surface area contributed by atoms with Gasteiger partial charge in [0.15, 0.2) is 17.5 Å². The number of hydrogen-bond donors (Lipinski definition) is 1. The van der Waals surface area contributed by atoms with E-state index in [1.54, 1.807) is 20.8 Å². The Kier molecular flexibility index (Phi) is 7.86. The molecule has 1 aliphatic heterocycles. The molecule has 0 bridgehead atoms. The van der Waals surface area contributed by atoms with Gasteiger partial charge in [-0.1, -0.05) is 6.07 Å². The molecule has 3 aliphatic rings. The van der Waals surface area contributed by atoms with Crippen molar-refractivity contribution in [3.8, 4) is 0 Å². The first-order chi connectivity index (χ1) is 19.0. The summed E-state index contributed by atoms with van der Waals surface area (Å²) in [6.45, 7) is 4.26. The number of ether oxygens (including phenoxy) is 1. The van der Waals surface area contributed by atoms with E-state index in [0.29, 0.717) is 12.8 Å². The summed E-state index contributed by atoms with van der Waals surface area (Å²) < 4.78 is 113. The summed E-state index contributed by atoms with van der Waals surface area (Å²) >= 11 is -2.44. The molecule has 5 rings (SSSR count). The molecule has 1 aromatic heterocycles. The van der Waals surface area contributed by atoms with Crippen LogP contribution in [0.3, 0.4) is 0 Å². The second-order valence-corrected chi connectivity index (χ2v) is 13.0. The fourth-order valence-electron chi connectivity index (χ4n) is 5.40. The van der Waals surface area contributed by atoms with Crippen LogP contribution < -0.4 is 5.32 Å². The van der Waals surface area contributed by atoms with E-state index in [9.17, 15) is 31.0 Å². The molecule has 1 saturated heterocycles. The van der Waals surface area contributed by atoms with Crippen LogP contribution in [0.5, 0.6) is 0 Å². The summed E-state index contributed by atoms with van der Waals surface area (Å²) in [5, 5.41) is 2.65. The Balaban J connectivity index is 1.47. The monoisotopic (exact) mass is 611 g/mol. The lowest BCUT2D eigenvalue weighted by Gasteiger charge is -2.33. The van der Waals surface area contributed by atoms with Crippen LogP contribution in [0.1, 0.15) is 82.8 Å². The highest BCUT2D eigenvalue weighted by Gasteiger charge is 2.53. The van der Waals surface area contributed by atoms with Gasteiger partial charge in [0.05, 0.1) is 12.6 Å². The van der Waals surface area contributed by atoms with Gasteiger partial charge in [-0.05, 0) is 64.4 Å². The number of carbonyl (C=O) groups is 1. The molecule has 0 radical (unpaired) electrons. The lowest BCUT2D eigenvalue weighted by molar-refractivity contribution is -0.187. The minimum Gasteiger partial charge on any atom is -0.444 e. The van der Waals surface area contributed by atoms with Crippen molar-refractivity contribution in [1.29, 1.82) is 0 Å². The number of fused-ring (bicyclic) bond motifs is 1. The van der Waals surface area contributed by atoms with E-state index >= 15 is 4.39 Å². The molecule has 2 aromatic rings. The van der Waals surface area contributed by atoms with Gasteiger partial charge in [-0.25, -0.2) is 27.2 Å². The maximum absolute atomic E-state index is 16.0. The van der Waals surface area contributed by atoms with Crippen molar-refractivity contribution in [2.75, 3.05) is 6.54 Å². The molecular weight excluding hydrogens is 580 g/mol. The third-order valence-electron chi connectivity index (χ3n) is 7.52. The summed E-state index contributed by atoms with van der Waals surface area (Å²) in [7, 11) is 0. The highest BCUT2D eigenvalue weighted by atomic mass is 32.2. The zero-order chi connectivity index (χ0) is 29.9. The molecule has 41 heavy (non-hydrogen) atoms. The first-order valence-electron chi connectivity index (χ1n) is 13.4. The molecule has 1 amide bonds. The van der Waals surface area contributed by atoms with Crippen molar-refractivity contribution in [3.63, 3.8) is 0 Å². The Morgan fingerprint density at radius 3 is 2.37 bits per heavy atom. The summed E-state index contributed by atoms with van der Waals surface area (Å²) in [5.41, 5.74) is -1.09. The van der Waals surface area contributed by atoms with E-state index in [1.165, 1.54) is 12.1 Å². The maximum atomic E-state index is 16.0. The molecule has 1 N–H and O–H groups in total. The average molecular weight is 612 g/mol.